The third-order valence-corrected chi connectivity index (χ3v) is 7.58. The van der Waals surface area contributed by atoms with E-state index >= 15 is 0 Å². The molecule has 6 rings (SSSR count). The van der Waals surface area contributed by atoms with E-state index in [9.17, 15) is 9.59 Å². The van der Waals surface area contributed by atoms with Crippen molar-refractivity contribution in [3.05, 3.63) is 108 Å². The molecule has 0 unspecified atom stereocenters. The predicted molar refractivity (Wildman–Crippen MR) is 188 cm³/mol. The summed E-state index contributed by atoms with van der Waals surface area (Å²) in [5, 5.41) is 7.46. The van der Waals surface area contributed by atoms with Crippen LogP contribution in [-0.2, 0) is 0 Å². The maximum absolute atomic E-state index is 13.3. The third kappa shape index (κ3) is 7.55. The highest BCUT2D eigenvalue weighted by Crippen LogP contribution is 2.29. The number of carbonyl (C=O) groups excluding carboxylic acids is 2. The molecule has 0 bridgehead atoms. The minimum absolute atomic E-state index is 0.170. The zero-order valence-electron chi connectivity index (χ0n) is 26.9. The molecule has 0 fully saturated rings. The number of aromatic nitrogens is 4. The normalized spacial score (nSPS) is 11.0. The Bertz CT molecular complexity index is 1930. The van der Waals surface area contributed by atoms with E-state index in [1.165, 1.54) is 0 Å². The lowest BCUT2D eigenvalue weighted by atomic mass is 10.2. The van der Waals surface area contributed by atoms with Gasteiger partial charge in [-0.15, -0.1) is 0 Å². The van der Waals surface area contributed by atoms with Gasteiger partial charge in [-0.3, -0.25) is 9.59 Å². The minimum Gasteiger partial charge on any atom is -0.493 e. The molecule has 0 spiro atoms. The van der Waals surface area contributed by atoms with Gasteiger partial charge >= 0.3 is 0 Å². The van der Waals surface area contributed by atoms with E-state index in [4.69, 9.17) is 9.47 Å². The lowest BCUT2D eigenvalue weighted by Crippen LogP contribution is -2.16. The molecule has 10 nitrogen and oxygen atoms in total. The van der Waals surface area contributed by atoms with Gasteiger partial charge in [0.05, 0.1) is 35.6 Å². The number of para-hydroxylation sites is 2. The first kappa shape index (κ1) is 32.1. The topological polar surface area (TPSA) is 128 Å². The second kappa shape index (κ2) is 15.1. The van der Waals surface area contributed by atoms with Crippen LogP contribution in [0.25, 0.3) is 33.2 Å². The molecule has 4 aromatic heterocycles. The van der Waals surface area contributed by atoms with Gasteiger partial charge in [0, 0.05) is 22.9 Å². The summed E-state index contributed by atoms with van der Waals surface area (Å²) in [5.41, 5.74) is 2.63. The van der Waals surface area contributed by atoms with E-state index < -0.39 is 11.8 Å². The quantitative estimate of drug-likeness (QED) is 0.121. The van der Waals surface area contributed by atoms with Crippen molar-refractivity contribution in [2.24, 2.45) is 0 Å². The zero-order valence-corrected chi connectivity index (χ0v) is 26.9. The molecule has 6 aromatic rings. The molecule has 0 saturated carbocycles. The number of unbranched alkanes of at least 4 members (excludes halogenated alkanes) is 2. The molecule has 0 radical (unpaired) electrons. The SMILES string of the molecule is CCCCOc1cc(NC(=O)c2cccc(-c3cccc(C(=O)Nc4cc(OCCCC)c5ccccc5n4)n3)n2)nc2ccccc12. The van der Waals surface area contributed by atoms with Crippen molar-refractivity contribution >= 4 is 45.3 Å². The Morgan fingerprint density at radius 1 is 0.562 bits per heavy atom. The van der Waals surface area contributed by atoms with Crippen LogP contribution in [0.4, 0.5) is 11.6 Å². The van der Waals surface area contributed by atoms with Gasteiger partial charge < -0.3 is 20.1 Å². The van der Waals surface area contributed by atoms with Gasteiger partial charge in [-0.2, -0.15) is 0 Å². The summed E-state index contributed by atoms with van der Waals surface area (Å²) in [7, 11) is 0. The number of carbonyl (C=O) groups is 2. The van der Waals surface area contributed by atoms with Crippen LogP contribution in [-0.4, -0.2) is 45.0 Å². The van der Waals surface area contributed by atoms with Crippen molar-refractivity contribution in [3.63, 3.8) is 0 Å². The molecule has 10 heteroatoms. The summed E-state index contributed by atoms with van der Waals surface area (Å²) in [5.74, 6) is 1.15. The van der Waals surface area contributed by atoms with E-state index in [0.717, 1.165) is 36.5 Å². The van der Waals surface area contributed by atoms with Crippen molar-refractivity contribution in [1.82, 2.24) is 19.9 Å². The Kier molecular flexibility index (Phi) is 10.1. The predicted octanol–water partition coefficient (Wildman–Crippen LogP) is 8.10. The Labute approximate surface area is 278 Å². The molecule has 2 N–H and O–H groups in total. The van der Waals surface area contributed by atoms with Crippen molar-refractivity contribution in [1.29, 1.82) is 0 Å². The highest BCUT2D eigenvalue weighted by atomic mass is 16.5. The monoisotopic (exact) mass is 640 g/mol. The molecular formula is C38H36N6O4. The van der Waals surface area contributed by atoms with E-state index in [1.54, 1.807) is 48.5 Å². The Balaban J connectivity index is 1.20. The minimum atomic E-state index is -0.438. The molecule has 0 aliphatic heterocycles. The van der Waals surface area contributed by atoms with Gasteiger partial charge in [0.1, 0.15) is 34.5 Å². The van der Waals surface area contributed by atoms with Crippen LogP contribution in [0.2, 0.25) is 0 Å². The van der Waals surface area contributed by atoms with Crippen molar-refractivity contribution in [3.8, 4) is 22.9 Å². The third-order valence-electron chi connectivity index (χ3n) is 7.58. The first-order valence-corrected chi connectivity index (χ1v) is 16.1. The highest BCUT2D eigenvalue weighted by Gasteiger charge is 2.16. The van der Waals surface area contributed by atoms with Crippen LogP contribution >= 0.6 is 0 Å². The number of nitrogens with one attached hydrogen (secondary N) is 2. The van der Waals surface area contributed by atoms with E-state index in [-0.39, 0.29) is 11.4 Å². The van der Waals surface area contributed by atoms with E-state index in [2.05, 4.69) is 44.4 Å². The lowest BCUT2D eigenvalue weighted by Gasteiger charge is -2.12. The second-order valence-electron chi connectivity index (χ2n) is 11.2. The Morgan fingerprint density at radius 2 is 1.00 bits per heavy atom. The average Bonchev–Trinajstić information content (AvgIpc) is 3.12. The average molecular weight is 641 g/mol. The molecule has 0 aliphatic carbocycles. The Hall–Kier alpha value is -5.90. The second-order valence-corrected chi connectivity index (χ2v) is 11.2. The summed E-state index contributed by atoms with van der Waals surface area (Å²) >= 11 is 0. The van der Waals surface area contributed by atoms with Crippen LogP contribution in [0, 0.1) is 0 Å². The molecular weight excluding hydrogens is 604 g/mol. The number of nitrogens with zero attached hydrogens (tertiary/aromatic N) is 4. The van der Waals surface area contributed by atoms with Gasteiger partial charge in [0.15, 0.2) is 0 Å². The molecule has 242 valence electrons. The van der Waals surface area contributed by atoms with Crippen LogP contribution in [0.15, 0.2) is 97.1 Å². The number of amides is 2. The highest BCUT2D eigenvalue weighted by molar-refractivity contribution is 6.04. The van der Waals surface area contributed by atoms with Crippen LogP contribution < -0.4 is 20.1 Å². The number of ether oxygens (including phenoxy) is 2. The molecule has 0 saturated heterocycles. The number of anilines is 2. The van der Waals surface area contributed by atoms with Crippen molar-refractivity contribution in [2.45, 2.75) is 39.5 Å². The molecule has 0 aliphatic rings. The summed E-state index contributed by atoms with van der Waals surface area (Å²) < 4.78 is 12.0. The van der Waals surface area contributed by atoms with E-state index in [1.807, 2.05) is 48.5 Å². The fourth-order valence-electron chi connectivity index (χ4n) is 5.08. The molecule has 4 heterocycles. The standard InChI is InChI=1S/C38H36N6O4/c1-3-5-21-47-33-23-35(41-27-15-9-7-13-25(27)33)43-37(45)31-19-11-17-29(39-31)30-18-12-20-32(40-30)38(46)44-36-24-34(48-22-6-4-2)26-14-8-10-16-28(26)42-36/h7-20,23-24H,3-6,21-22H2,1-2H3,(H,41,43,45)(H,42,44,46). The summed E-state index contributed by atoms with van der Waals surface area (Å²) in [6, 6.07) is 28.9. The lowest BCUT2D eigenvalue weighted by molar-refractivity contribution is 0.101. The summed E-state index contributed by atoms with van der Waals surface area (Å²) in [6.45, 7) is 5.34. The molecule has 2 aromatic carbocycles. The van der Waals surface area contributed by atoms with Gasteiger partial charge in [0.25, 0.3) is 11.8 Å². The zero-order chi connectivity index (χ0) is 33.3. The number of rotatable bonds is 13. The number of benzene rings is 2. The first-order valence-electron chi connectivity index (χ1n) is 16.1. The van der Waals surface area contributed by atoms with Gasteiger partial charge in [-0.25, -0.2) is 19.9 Å². The van der Waals surface area contributed by atoms with Crippen LogP contribution in [0.3, 0.4) is 0 Å². The molecule has 2 amide bonds. The van der Waals surface area contributed by atoms with Gasteiger partial charge in [-0.05, 0) is 61.4 Å². The van der Waals surface area contributed by atoms with Crippen molar-refractivity contribution in [2.75, 3.05) is 23.8 Å². The smallest absolute Gasteiger partial charge is 0.275 e. The molecule has 0 atom stereocenters. The number of fused-ring (bicyclic) bond motifs is 2. The maximum Gasteiger partial charge on any atom is 0.275 e. The number of pyridine rings is 4. The largest absolute Gasteiger partial charge is 0.493 e. The fourth-order valence-corrected chi connectivity index (χ4v) is 5.08. The maximum atomic E-state index is 13.3. The summed E-state index contributed by atoms with van der Waals surface area (Å²) in [6.07, 6.45) is 3.85. The van der Waals surface area contributed by atoms with Gasteiger partial charge in [-0.1, -0.05) is 63.1 Å². The van der Waals surface area contributed by atoms with Crippen LogP contribution in [0.1, 0.15) is 60.5 Å². The number of hydrogen-bond acceptors (Lipinski definition) is 8. The first-order chi connectivity index (χ1) is 23.5. The van der Waals surface area contributed by atoms with E-state index in [0.29, 0.717) is 58.8 Å². The Morgan fingerprint density at radius 3 is 1.44 bits per heavy atom. The van der Waals surface area contributed by atoms with Gasteiger partial charge in [0.2, 0.25) is 0 Å². The summed E-state index contributed by atoms with van der Waals surface area (Å²) in [4.78, 5) is 45.0. The van der Waals surface area contributed by atoms with Crippen molar-refractivity contribution < 1.29 is 19.1 Å². The number of hydrogen-bond donors (Lipinski definition) is 2. The molecule has 48 heavy (non-hydrogen) atoms. The van der Waals surface area contributed by atoms with Crippen LogP contribution in [0.5, 0.6) is 11.5 Å². The fraction of sp³-hybridized carbons (Fsp3) is 0.211.